The molecule has 2 aromatic carbocycles. The van der Waals surface area contributed by atoms with E-state index < -0.39 is 0 Å². The molecule has 0 radical (unpaired) electrons. The molecule has 130 valence electrons. The van der Waals surface area contributed by atoms with Crippen LogP contribution in [-0.4, -0.2) is 37.0 Å². The van der Waals surface area contributed by atoms with Gasteiger partial charge in [-0.3, -0.25) is 9.69 Å². The van der Waals surface area contributed by atoms with Crippen molar-refractivity contribution in [1.29, 1.82) is 0 Å². The molecule has 2 heterocycles. The van der Waals surface area contributed by atoms with E-state index in [4.69, 9.17) is 4.74 Å². The van der Waals surface area contributed by atoms with Crippen LogP contribution in [0.5, 0.6) is 5.75 Å². The van der Waals surface area contributed by atoms with E-state index in [-0.39, 0.29) is 5.91 Å². The van der Waals surface area contributed by atoms with Gasteiger partial charge in [0.25, 0.3) is 5.91 Å². The topological polar surface area (TPSA) is 32.8 Å². The fraction of sp³-hybridized carbons (Fsp3) is 0.381. The van der Waals surface area contributed by atoms with Gasteiger partial charge in [-0.2, -0.15) is 0 Å². The van der Waals surface area contributed by atoms with Crippen molar-refractivity contribution in [3.05, 3.63) is 59.7 Å². The summed E-state index contributed by atoms with van der Waals surface area (Å²) in [5.74, 6) is 0.944. The maximum atomic E-state index is 12.5. The van der Waals surface area contributed by atoms with Gasteiger partial charge in [0.15, 0.2) is 0 Å². The minimum Gasteiger partial charge on any atom is -0.492 e. The molecule has 1 fully saturated rings. The van der Waals surface area contributed by atoms with Crippen LogP contribution >= 0.6 is 0 Å². The molecule has 4 nitrogen and oxygen atoms in total. The molecule has 1 amide bonds. The summed E-state index contributed by atoms with van der Waals surface area (Å²) >= 11 is 0. The van der Waals surface area contributed by atoms with Crippen molar-refractivity contribution in [2.75, 3.05) is 31.1 Å². The lowest BCUT2D eigenvalue weighted by molar-refractivity contribution is 0.0996. The third kappa shape index (κ3) is 3.54. The number of carbonyl (C=O) groups is 1. The van der Waals surface area contributed by atoms with E-state index in [1.54, 1.807) is 0 Å². The van der Waals surface area contributed by atoms with Crippen LogP contribution in [0.2, 0.25) is 0 Å². The smallest absolute Gasteiger partial charge is 0.258 e. The molecule has 0 aliphatic carbocycles. The van der Waals surface area contributed by atoms with Crippen LogP contribution in [0.15, 0.2) is 48.5 Å². The van der Waals surface area contributed by atoms with Crippen molar-refractivity contribution in [3.63, 3.8) is 0 Å². The molecule has 0 aromatic heterocycles. The van der Waals surface area contributed by atoms with Crippen molar-refractivity contribution < 1.29 is 9.53 Å². The van der Waals surface area contributed by atoms with E-state index in [9.17, 15) is 4.79 Å². The molecule has 25 heavy (non-hydrogen) atoms. The summed E-state index contributed by atoms with van der Waals surface area (Å²) in [6.07, 6.45) is 3.97. The second kappa shape index (κ2) is 7.28. The number of nitrogens with zero attached hydrogens (tertiary/aromatic N) is 2. The van der Waals surface area contributed by atoms with E-state index >= 15 is 0 Å². The number of carbonyl (C=O) groups excluding carboxylic acids is 1. The Morgan fingerprint density at radius 2 is 1.68 bits per heavy atom. The number of piperidine rings is 1. The average molecular weight is 336 g/mol. The third-order valence-electron chi connectivity index (χ3n) is 5.09. The highest BCUT2D eigenvalue weighted by Crippen LogP contribution is 2.29. The summed E-state index contributed by atoms with van der Waals surface area (Å²) in [5, 5.41) is 0. The molecular formula is C21H24N2O2. The van der Waals surface area contributed by atoms with Gasteiger partial charge in [0.05, 0.1) is 6.54 Å². The van der Waals surface area contributed by atoms with Crippen LogP contribution in [-0.2, 0) is 6.54 Å². The van der Waals surface area contributed by atoms with Gasteiger partial charge >= 0.3 is 0 Å². The number of fused-ring (bicyclic) bond motifs is 1. The first-order chi connectivity index (χ1) is 12.3. The molecule has 2 aromatic rings. The molecule has 2 aliphatic rings. The maximum absolute atomic E-state index is 12.5. The van der Waals surface area contributed by atoms with Crippen LogP contribution in [0.1, 0.15) is 35.2 Å². The van der Waals surface area contributed by atoms with Crippen LogP contribution in [0.4, 0.5) is 5.69 Å². The lowest BCUT2D eigenvalue weighted by Crippen LogP contribution is -2.33. The summed E-state index contributed by atoms with van der Waals surface area (Å²) in [4.78, 5) is 16.8. The Labute approximate surface area is 149 Å². The minimum atomic E-state index is 0.0781. The second-order valence-electron chi connectivity index (χ2n) is 6.79. The molecule has 0 saturated carbocycles. The number of hydrogen-bond donors (Lipinski definition) is 0. The van der Waals surface area contributed by atoms with E-state index in [1.165, 1.54) is 32.4 Å². The first kappa shape index (κ1) is 16.2. The zero-order chi connectivity index (χ0) is 17.1. The van der Waals surface area contributed by atoms with Gasteiger partial charge in [0.2, 0.25) is 0 Å². The van der Waals surface area contributed by atoms with Crippen molar-refractivity contribution >= 4 is 11.6 Å². The van der Waals surface area contributed by atoms with Crippen LogP contribution < -0.4 is 9.64 Å². The number of amides is 1. The Hall–Kier alpha value is -2.33. The fourth-order valence-electron chi connectivity index (χ4n) is 3.66. The van der Waals surface area contributed by atoms with Crippen LogP contribution in [0.25, 0.3) is 0 Å². The van der Waals surface area contributed by atoms with Crippen molar-refractivity contribution in [2.45, 2.75) is 25.8 Å². The first-order valence-electron chi connectivity index (χ1n) is 9.16. The van der Waals surface area contributed by atoms with E-state index in [0.29, 0.717) is 13.2 Å². The molecule has 1 saturated heterocycles. The van der Waals surface area contributed by atoms with Crippen molar-refractivity contribution in [2.24, 2.45) is 0 Å². The molecular weight excluding hydrogens is 312 g/mol. The van der Waals surface area contributed by atoms with Crippen molar-refractivity contribution in [3.8, 4) is 5.75 Å². The van der Waals surface area contributed by atoms with Gasteiger partial charge in [-0.25, -0.2) is 0 Å². The number of hydrogen-bond acceptors (Lipinski definition) is 3. The SMILES string of the molecule is O=C1c2ccccc2CN1c1ccc(OCCN2CCCCC2)cc1. The molecule has 4 rings (SSSR count). The summed E-state index contributed by atoms with van der Waals surface area (Å²) in [5.41, 5.74) is 2.82. The maximum Gasteiger partial charge on any atom is 0.258 e. The van der Waals surface area contributed by atoms with Gasteiger partial charge in [-0.05, 0) is 61.8 Å². The highest BCUT2D eigenvalue weighted by atomic mass is 16.5. The molecule has 0 bridgehead atoms. The van der Waals surface area contributed by atoms with E-state index in [0.717, 1.165) is 29.1 Å². The van der Waals surface area contributed by atoms with Gasteiger partial charge in [0, 0.05) is 17.8 Å². The lowest BCUT2D eigenvalue weighted by Gasteiger charge is -2.26. The molecule has 0 N–H and O–H groups in total. The van der Waals surface area contributed by atoms with Gasteiger partial charge in [0.1, 0.15) is 12.4 Å². The standard InChI is InChI=1S/C21H24N2O2/c24-21-20-7-3-2-6-17(20)16-23(21)18-8-10-19(11-9-18)25-15-14-22-12-4-1-5-13-22/h2-3,6-11H,1,4-5,12-16H2. The van der Waals surface area contributed by atoms with Gasteiger partial charge in [-0.15, -0.1) is 0 Å². The predicted octanol–water partition coefficient (Wildman–Crippen LogP) is 3.71. The Kier molecular flexibility index (Phi) is 4.70. The molecule has 0 spiro atoms. The molecule has 0 unspecified atom stereocenters. The Balaban J connectivity index is 1.34. The summed E-state index contributed by atoms with van der Waals surface area (Å²) in [7, 11) is 0. The number of anilines is 1. The normalized spacial score (nSPS) is 17.6. The second-order valence-corrected chi connectivity index (χ2v) is 6.79. The highest BCUT2D eigenvalue weighted by Gasteiger charge is 2.27. The minimum absolute atomic E-state index is 0.0781. The van der Waals surface area contributed by atoms with E-state index in [2.05, 4.69) is 4.90 Å². The zero-order valence-electron chi connectivity index (χ0n) is 14.5. The van der Waals surface area contributed by atoms with Gasteiger partial charge in [-0.1, -0.05) is 24.6 Å². The molecule has 4 heteroatoms. The number of rotatable bonds is 5. The Morgan fingerprint density at radius 3 is 2.44 bits per heavy atom. The zero-order valence-corrected chi connectivity index (χ0v) is 14.5. The predicted molar refractivity (Wildman–Crippen MR) is 99.2 cm³/mol. The number of likely N-dealkylation sites (tertiary alicyclic amines) is 1. The summed E-state index contributed by atoms with van der Waals surface area (Å²) < 4.78 is 5.87. The van der Waals surface area contributed by atoms with Crippen LogP contribution in [0, 0.1) is 0 Å². The fourth-order valence-corrected chi connectivity index (χ4v) is 3.66. The number of benzene rings is 2. The van der Waals surface area contributed by atoms with Crippen LogP contribution in [0.3, 0.4) is 0 Å². The summed E-state index contributed by atoms with van der Waals surface area (Å²) in [6.45, 7) is 4.74. The monoisotopic (exact) mass is 336 g/mol. The first-order valence-corrected chi connectivity index (χ1v) is 9.16. The number of ether oxygens (including phenoxy) is 1. The van der Waals surface area contributed by atoms with E-state index in [1.807, 2.05) is 53.4 Å². The Morgan fingerprint density at radius 1 is 0.920 bits per heavy atom. The van der Waals surface area contributed by atoms with Gasteiger partial charge < -0.3 is 9.64 Å². The highest BCUT2D eigenvalue weighted by molar-refractivity contribution is 6.09. The average Bonchev–Trinajstić information content (AvgIpc) is 3.00. The molecule has 2 aliphatic heterocycles. The third-order valence-corrected chi connectivity index (χ3v) is 5.09. The summed E-state index contributed by atoms with van der Waals surface area (Å²) in [6, 6.07) is 15.7. The molecule has 0 atom stereocenters. The largest absolute Gasteiger partial charge is 0.492 e. The van der Waals surface area contributed by atoms with Crippen molar-refractivity contribution in [1.82, 2.24) is 4.90 Å². The quantitative estimate of drug-likeness (QED) is 0.834. The lowest BCUT2D eigenvalue weighted by atomic mass is 10.1. The Bertz CT molecular complexity index is 736.